The van der Waals surface area contributed by atoms with Crippen molar-refractivity contribution in [1.82, 2.24) is 0 Å². The number of rotatable bonds is 6. The molecule has 1 rings (SSSR count). The van der Waals surface area contributed by atoms with E-state index >= 15 is 0 Å². The number of carbonyl (C=O) groups is 1. The van der Waals surface area contributed by atoms with Crippen LogP contribution in [0, 0.1) is 0 Å². The average Bonchev–Trinajstić information content (AvgIpc) is 2.38. The fraction of sp³-hybridized carbons (Fsp3) is 0.308. The molecule has 0 spiro atoms. The molecule has 0 radical (unpaired) electrons. The number of allylic oxidation sites excluding steroid dienone is 1. The minimum absolute atomic E-state index is 0.101. The normalized spacial score (nSPS) is 12.3. The molecule has 1 aromatic rings. The van der Waals surface area contributed by atoms with Gasteiger partial charge in [-0.25, -0.2) is 0 Å². The summed E-state index contributed by atoms with van der Waals surface area (Å²) in [6.07, 6.45) is -3.89. The Hall–Kier alpha value is -1.82. The fourth-order valence-corrected chi connectivity index (χ4v) is 1.41. The Balaban J connectivity index is 2.81. The van der Waals surface area contributed by atoms with Crippen LogP contribution < -0.4 is 5.32 Å². The highest BCUT2D eigenvalue weighted by molar-refractivity contribution is 5.99. The van der Waals surface area contributed by atoms with Gasteiger partial charge < -0.3 is 10.4 Å². The summed E-state index contributed by atoms with van der Waals surface area (Å²) in [5.74, 6) is -1.88. The van der Waals surface area contributed by atoms with E-state index in [1.54, 1.807) is 30.3 Å². The Bertz CT molecular complexity index is 441. The molecular formula is C13H14F3NO2. The molecule has 2 N–H and O–H groups in total. The van der Waals surface area contributed by atoms with Crippen molar-refractivity contribution in [2.75, 3.05) is 11.9 Å². The quantitative estimate of drug-likeness (QED) is 0.783. The van der Waals surface area contributed by atoms with Gasteiger partial charge in [0, 0.05) is 24.1 Å². The molecule has 0 saturated carbocycles. The zero-order valence-corrected chi connectivity index (χ0v) is 10.1. The van der Waals surface area contributed by atoms with Crippen molar-refractivity contribution >= 4 is 11.5 Å². The zero-order chi connectivity index (χ0) is 14.3. The molecule has 0 aliphatic rings. The number of halogens is 3. The molecule has 1 aromatic carbocycles. The Morgan fingerprint density at radius 3 is 2.42 bits per heavy atom. The summed E-state index contributed by atoms with van der Waals surface area (Å²) in [5, 5.41) is 11.3. The number of para-hydroxylation sites is 1. The van der Waals surface area contributed by atoms with Crippen molar-refractivity contribution in [2.24, 2.45) is 0 Å². The van der Waals surface area contributed by atoms with Crippen molar-refractivity contribution < 1.29 is 23.1 Å². The van der Waals surface area contributed by atoms with Gasteiger partial charge in [0.1, 0.15) is 0 Å². The zero-order valence-electron chi connectivity index (χ0n) is 10.1. The van der Waals surface area contributed by atoms with E-state index in [1.165, 1.54) is 0 Å². The van der Waals surface area contributed by atoms with Crippen LogP contribution in [0.2, 0.25) is 0 Å². The molecule has 0 bridgehead atoms. The Morgan fingerprint density at radius 1 is 1.26 bits per heavy atom. The highest BCUT2D eigenvalue weighted by Gasteiger charge is 2.40. The van der Waals surface area contributed by atoms with Gasteiger partial charge in [-0.3, -0.25) is 4.79 Å². The summed E-state index contributed by atoms with van der Waals surface area (Å²) in [6.45, 7) is -0.270. The lowest BCUT2D eigenvalue weighted by Crippen LogP contribution is -2.25. The van der Waals surface area contributed by atoms with E-state index < -0.39 is 17.5 Å². The number of hydrogen-bond donors (Lipinski definition) is 2. The van der Waals surface area contributed by atoms with Crippen LogP contribution in [-0.4, -0.2) is 23.7 Å². The molecule has 3 nitrogen and oxygen atoms in total. The number of benzene rings is 1. The second-order valence-corrected chi connectivity index (χ2v) is 3.83. The number of anilines is 1. The highest BCUT2D eigenvalue weighted by Crippen LogP contribution is 2.23. The Morgan fingerprint density at radius 2 is 1.89 bits per heavy atom. The molecule has 0 fully saturated rings. The SMILES string of the molecule is O=C(/C(=C\Nc1ccccc1)CCCO)C(F)(F)F. The molecule has 0 aliphatic carbocycles. The number of nitrogens with one attached hydrogen (secondary N) is 1. The number of ketones is 1. The molecule has 0 unspecified atom stereocenters. The van der Waals surface area contributed by atoms with E-state index in [9.17, 15) is 18.0 Å². The first-order valence-electron chi connectivity index (χ1n) is 5.68. The lowest BCUT2D eigenvalue weighted by Gasteiger charge is -2.10. The first-order chi connectivity index (χ1) is 8.95. The smallest absolute Gasteiger partial charge is 0.396 e. The topological polar surface area (TPSA) is 49.3 Å². The van der Waals surface area contributed by atoms with E-state index in [4.69, 9.17) is 5.11 Å². The second-order valence-electron chi connectivity index (χ2n) is 3.83. The van der Waals surface area contributed by atoms with Crippen LogP contribution in [0.3, 0.4) is 0 Å². The molecule has 104 valence electrons. The summed E-state index contributed by atoms with van der Waals surface area (Å²) in [6, 6.07) is 8.53. The third-order valence-electron chi connectivity index (χ3n) is 2.34. The van der Waals surface area contributed by atoms with Gasteiger partial charge in [-0.2, -0.15) is 13.2 Å². The van der Waals surface area contributed by atoms with Gasteiger partial charge >= 0.3 is 6.18 Å². The van der Waals surface area contributed by atoms with Gasteiger partial charge in [-0.05, 0) is 25.0 Å². The van der Waals surface area contributed by atoms with Crippen molar-refractivity contribution in [3.05, 3.63) is 42.1 Å². The van der Waals surface area contributed by atoms with E-state index in [0.717, 1.165) is 6.20 Å². The molecule has 0 aliphatic heterocycles. The van der Waals surface area contributed by atoms with Gasteiger partial charge in [-0.1, -0.05) is 18.2 Å². The van der Waals surface area contributed by atoms with Gasteiger partial charge in [0.2, 0.25) is 0 Å². The highest BCUT2D eigenvalue weighted by atomic mass is 19.4. The predicted octanol–water partition coefficient (Wildman–Crippen LogP) is 2.89. The summed E-state index contributed by atoms with van der Waals surface area (Å²) in [5.41, 5.74) is 0.185. The number of aliphatic hydroxyl groups excluding tert-OH is 1. The average molecular weight is 273 g/mol. The molecular weight excluding hydrogens is 259 g/mol. The third kappa shape index (κ3) is 5.13. The van der Waals surface area contributed by atoms with Gasteiger partial charge in [0.25, 0.3) is 5.78 Å². The number of hydrogen-bond acceptors (Lipinski definition) is 3. The summed E-state index contributed by atoms with van der Waals surface area (Å²) in [4.78, 5) is 11.2. The summed E-state index contributed by atoms with van der Waals surface area (Å²) < 4.78 is 37.1. The largest absolute Gasteiger partial charge is 0.454 e. The van der Waals surface area contributed by atoms with Crippen LogP contribution in [0.4, 0.5) is 18.9 Å². The molecule has 0 aromatic heterocycles. The number of aliphatic hydroxyl groups is 1. The van der Waals surface area contributed by atoms with Gasteiger partial charge in [0.05, 0.1) is 0 Å². The van der Waals surface area contributed by atoms with Crippen LogP contribution in [-0.2, 0) is 4.79 Å². The van der Waals surface area contributed by atoms with Crippen molar-refractivity contribution in [1.29, 1.82) is 0 Å². The lowest BCUT2D eigenvalue weighted by molar-refractivity contribution is -0.166. The maximum absolute atomic E-state index is 12.4. The minimum Gasteiger partial charge on any atom is -0.396 e. The first-order valence-corrected chi connectivity index (χ1v) is 5.68. The number of alkyl halides is 3. The van der Waals surface area contributed by atoms with Crippen LogP contribution in [0.15, 0.2) is 42.1 Å². The lowest BCUT2D eigenvalue weighted by atomic mass is 10.1. The minimum atomic E-state index is -4.90. The summed E-state index contributed by atoms with van der Waals surface area (Å²) in [7, 11) is 0. The monoisotopic (exact) mass is 273 g/mol. The van der Waals surface area contributed by atoms with E-state index in [0.29, 0.717) is 5.69 Å². The van der Waals surface area contributed by atoms with E-state index in [1.807, 2.05) is 0 Å². The first kappa shape index (κ1) is 15.2. The van der Waals surface area contributed by atoms with Gasteiger partial charge in [-0.15, -0.1) is 0 Å². The predicted molar refractivity (Wildman–Crippen MR) is 65.5 cm³/mol. The maximum Gasteiger partial charge on any atom is 0.454 e. The van der Waals surface area contributed by atoms with Crippen LogP contribution in [0.1, 0.15) is 12.8 Å². The molecule has 0 heterocycles. The summed E-state index contributed by atoms with van der Waals surface area (Å²) >= 11 is 0. The van der Waals surface area contributed by atoms with Crippen molar-refractivity contribution in [3.63, 3.8) is 0 Å². The van der Waals surface area contributed by atoms with Crippen LogP contribution in [0.25, 0.3) is 0 Å². The van der Waals surface area contributed by atoms with Crippen molar-refractivity contribution in [3.8, 4) is 0 Å². The van der Waals surface area contributed by atoms with Crippen LogP contribution >= 0.6 is 0 Å². The molecule has 0 amide bonds. The fourth-order valence-electron chi connectivity index (χ4n) is 1.41. The Kier molecular flexibility index (Phi) is 5.57. The second kappa shape index (κ2) is 6.94. The third-order valence-corrected chi connectivity index (χ3v) is 2.34. The maximum atomic E-state index is 12.4. The Labute approximate surface area is 108 Å². The van der Waals surface area contributed by atoms with E-state index in [-0.39, 0.29) is 19.4 Å². The van der Waals surface area contributed by atoms with E-state index in [2.05, 4.69) is 5.32 Å². The van der Waals surface area contributed by atoms with Crippen molar-refractivity contribution in [2.45, 2.75) is 19.0 Å². The number of carbonyl (C=O) groups excluding carboxylic acids is 1. The molecule has 0 saturated heterocycles. The number of Topliss-reactive ketones (excluding diaryl/α,β-unsaturated/α-hetero) is 1. The molecule has 19 heavy (non-hydrogen) atoms. The van der Waals surface area contributed by atoms with Crippen LogP contribution in [0.5, 0.6) is 0 Å². The molecule has 6 heteroatoms. The molecule has 0 atom stereocenters. The standard InChI is InChI=1S/C13H14F3NO2/c14-13(15,16)12(19)10(5-4-8-18)9-17-11-6-2-1-3-7-11/h1-3,6-7,9,17-18H,4-5,8H2/b10-9-. The van der Waals surface area contributed by atoms with Gasteiger partial charge in [0.15, 0.2) is 0 Å².